The Morgan fingerprint density at radius 1 is 1.00 bits per heavy atom. The molecule has 2 heterocycles. The first-order valence-corrected chi connectivity index (χ1v) is 10.7. The molecule has 30 heavy (non-hydrogen) atoms. The summed E-state index contributed by atoms with van der Waals surface area (Å²) in [6.45, 7) is 0.215. The van der Waals surface area contributed by atoms with E-state index in [1.807, 2.05) is 18.2 Å². The molecule has 5 nitrogen and oxygen atoms in total. The molecule has 1 aliphatic carbocycles. The van der Waals surface area contributed by atoms with Gasteiger partial charge in [0, 0.05) is 10.4 Å². The van der Waals surface area contributed by atoms with Crippen LogP contribution >= 0.6 is 15.9 Å². The van der Waals surface area contributed by atoms with E-state index in [1.54, 1.807) is 6.07 Å². The summed E-state index contributed by atoms with van der Waals surface area (Å²) < 4.78 is 12.1. The van der Waals surface area contributed by atoms with Crippen molar-refractivity contribution < 1.29 is 19.4 Å². The number of fused-ring (bicyclic) bond motifs is 6. The Bertz CT molecular complexity index is 1210. The zero-order valence-corrected chi connectivity index (χ0v) is 17.5. The first kappa shape index (κ1) is 17.8. The number of anilines is 1. The summed E-state index contributed by atoms with van der Waals surface area (Å²) in [5.41, 5.74) is 5.72. The van der Waals surface area contributed by atoms with Crippen molar-refractivity contribution in [3.63, 3.8) is 0 Å². The lowest BCUT2D eigenvalue weighted by Crippen LogP contribution is -2.31. The molecule has 0 saturated heterocycles. The van der Waals surface area contributed by atoms with Gasteiger partial charge in [-0.25, -0.2) is 4.79 Å². The topological polar surface area (TPSA) is 67.8 Å². The maximum Gasteiger partial charge on any atom is 0.337 e. The third kappa shape index (κ3) is 2.50. The van der Waals surface area contributed by atoms with Crippen LogP contribution in [-0.2, 0) is 6.42 Å². The van der Waals surface area contributed by atoms with Gasteiger partial charge >= 0.3 is 5.97 Å². The lowest BCUT2D eigenvalue weighted by atomic mass is 9.75. The van der Waals surface area contributed by atoms with E-state index in [0.29, 0.717) is 11.3 Å². The molecule has 0 aromatic heterocycles. The van der Waals surface area contributed by atoms with E-state index >= 15 is 0 Å². The third-order valence-corrected chi connectivity index (χ3v) is 7.18. The molecule has 150 valence electrons. The number of hydrogen-bond donors (Lipinski definition) is 2. The van der Waals surface area contributed by atoms with Gasteiger partial charge in [-0.05, 0) is 52.8 Å². The van der Waals surface area contributed by atoms with Crippen molar-refractivity contribution in [2.45, 2.75) is 18.4 Å². The molecule has 6 heteroatoms. The van der Waals surface area contributed by atoms with Crippen LogP contribution in [0.5, 0.6) is 11.5 Å². The summed E-state index contributed by atoms with van der Waals surface area (Å²) >= 11 is 3.71. The molecule has 3 aliphatic rings. The van der Waals surface area contributed by atoms with Gasteiger partial charge in [-0.3, -0.25) is 0 Å². The summed E-state index contributed by atoms with van der Waals surface area (Å²) in [5.74, 6) is 0.918. The smallest absolute Gasteiger partial charge is 0.337 e. The molecule has 2 N–H and O–H groups in total. The molecular formula is C24H18BrNO4. The van der Waals surface area contributed by atoms with E-state index in [9.17, 15) is 9.90 Å². The number of carbonyl (C=O) groups is 1. The normalized spacial score (nSPS) is 22.6. The Balaban J connectivity index is 1.56. The highest BCUT2D eigenvalue weighted by Crippen LogP contribution is 2.56. The Morgan fingerprint density at radius 3 is 2.60 bits per heavy atom. The second-order valence-electron chi connectivity index (χ2n) is 7.97. The first-order valence-electron chi connectivity index (χ1n) is 9.91. The van der Waals surface area contributed by atoms with E-state index in [0.717, 1.165) is 33.5 Å². The van der Waals surface area contributed by atoms with Crippen LogP contribution in [0.15, 0.2) is 59.1 Å². The van der Waals surface area contributed by atoms with Crippen LogP contribution in [0.2, 0.25) is 0 Å². The monoisotopic (exact) mass is 463 g/mol. The molecule has 3 aromatic rings. The first-order chi connectivity index (χ1) is 14.6. The fourth-order valence-corrected chi connectivity index (χ4v) is 5.81. The van der Waals surface area contributed by atoms with Crippen LogP contribution < -0.4 is 14.8 Å². The highest BCUT2D eigenvalue weighted by Gasteiger charge is 2.45. The Hall–Kier alpha value is -2.99. The lowest BCUT2D eigenvalue weighted by molar-refractivity contribution is 0.0697. The number of para-hydroxylation sites is 1. The van der Waals surface area contributed by atoms with Gasteiger partial charge in [0.25, 0.3) is 0 Å². The van der Waals surface area contributed by atoms with Gasteiger partial charge in [0.15, 0.2) is 11.5 Å². The van der Waals surface area contributed by atoms with E-state index in [2.05, 4.69) is 51.6 Å². The second kappa shape index (κ2) is 6.51. The standard InChI is InChI=1S/C24H18BrNO4/c25-18-10-20-19(29-11-30-20)9-16(18)23-17-8-12-4-1-2-5-13(12)21(17)14-6-3-7-15(24(27)28)22(14)26-23/h1-7,9-10,17,21,23,26H,8,11H2,(H,27,28)/t17-,21-,23+/m0/s1. The summed E-state index contributed by atoms with van der Waals surface area (Å²) in [6.07, 6.45) is 0.927. The fraction of sp³-hybridized carbons (Fsp3) is 0.208. The van der Waals surface area contributed by atoms with E-state index in [4.69, 9.17) is 9.47 Å². The molecule has 0 unspecified atom stereocenters. The van der Waals surface area contributed by atoms with Gasteiger partial charge < -0.3 is 19.9 Å². The van der Waals surface area contributed by atoms with Crippen molar-refractivity contribution in [3.8, 4) is 11.5 Å². The van der Waals surface area contributed by atoms with Gasteiger partial charge in [-0.1, -0.05) is 52.3 Å². The average molecular weight is 464 g/mol. The van der Waals surface area contributed by atoms with Crippen LogP contribution in [0, 0.1) is 5.92 Å². The van der Waals surface area contributed by atoms with Crippen molar-refractivity contribution >= 4 is 27.6 Å². The molecule has 0 bridgehead atoms. The predicted molar refractivity (Wildman–Crippen MR) is 116 cm³/mol. The average Bonchev–Trinajstić information content (AvgIpc) is 3.36. The summed E-state index contributed by atoms with van der Waals surface area (Å²) in [6, 6.07) is 17.9. The summed E-state index contributed by atoms with van der Waals surface area (Å²) in [4.78, 5) is 12.0. The summed E-state index contributed by atoms with van der Waals surface area (Å²) in [5, 5.41) is 13.4. The molecule has 0 fully saturated rings. The quantitative estimate of drug-likeness (QED) is 0.536. The molecule has 3 aromatic carbocycles. The van der Waals surface area contributed by atoms with Crippen LogP contribution in [0.1, 0.15) is 44.6 Å². The van der Waals surface area contributed by atoms with Crippen molar-refractivity contribution in [1.29, 1.82) is 0 Å². The molecular weight excluding hydrogens is 446 g/mol. The molecule has 0 amide bonds. The molecule has 0 spiro atoms. The number of hydrogen-bond acceptors (Lipinski definition) is 4. The number of ether oxygens (including phenoxy) is 2. The summed E-state index contributed by atoms with van der Waals surface area (Å²) in [7, 11) is 0. The van der Waals surface area contributed by atoms with Crippen molar-refractivity contribution in [3.05, 3.63) is 86.9 Å². The zero-order valence-electron chi connectivity index (χ0n) is 15.9. The van der Waals surface area contributed by atoms with Gasteiger partial charge in [0.05, 0.1) is 17.3 Å². The minimum Gasteiger partial charge on any atom is -0.478 e. The molecule has 2 aliphatic heterocycles. The maximum atomic E-state index is 12.0. The molecule has 0 radical (unpaired) electrons. The largest absolute Gasteiger partial charge is 0.478 e. The van der Waals surface area contributed by atoms with Crippen molar-refractivity contribution in [2.75, 3.05) is 12.1 Å². The van der Waals surface area contributed by atoms with E-state index in [-0.39, 0.29) is 24.7 Å². The lowest BCUT2D eigenvalue weighted by Gasteiger charge is -2.39. The number of carboxylic acid groups (broad SMARTS) is 1. The molecule has 6 rings (SSSR count). The van der Waals surface area contributed by atoms with Gasteiger partial charge in [0.2, 0.25) is 6.79 Å². The van der Waals surface area contributed by atoms with Crippen LogP contribution in [0.4, 0.5) is 5.69 Å². The van der Waals surface area contributed by atoms with Crippen molar-refractivity contribution in [1.82, 2.24) is 0 Å². The highest BCUT2D eigenvalue weighted by atomic mass is 79.9. The SMILES string of the molecule is O=C(O)c1cccc2c1N[C@H](c1cc3c(cc1Br)OCO3)[C@H]1Cc3ccccc3[C@@H]21. The second-order valence-corrected chi connectivity index (χ2v) is 8.82. The molecule has 3 atom stereocenters. The Morgan fingerprint density at radius 2 is 1.77 bits per heavy atom. The zero-order chi connectivity index (χ0) is 20.4. The number of nitrogens with one attached hydrogen (secondary N) is 1. The predicted octanol–water partition coefficient (Wildman–Crippen LogP) is 5.35. The van der Waals surface area contributed by atoms with Gasteiger partial charge in [-0.15, -0.1) is 0 Å². The number of halogens is 1. The van der Waals surface area contributed by atoms with Crippen LogP contribution in [-0.4, -0.2) is 17.9 Å². The number of carboxylic acids is 1. The highest BCUT2D eigenvalue weighted by molar-refractivity contribution is 9.10. The minimum atomic E-state index is -0.924. The number of benzene rings is 3. The fourth-order valence-electron chi connectivity index (χ4n) is 5.25. The Kier molecular flexibility index (Phi) is 3.87. The maximum absolute atomic E-state index is 12.0. The van der Waals surface area contributed by atoms with Crippen molar-refractivity contribution in [2.24, 2.45) is 5.92 Å². The Labute approximate surface area is 181 Å². The number of aromatic carboxylic acids is 1. The third-order valence-electron chi connectivity index (χ3n) is 6.49. The van der Waals surface area contributed by atoms with E-state index in [1.165, 1.54) is 11.1 Å². The minimum absolute atomic E-state index is 0.0701. The molecule has 0 saturated carbocycles. The van der Waals surface area contributed by atoms with Gasteiger partial charge in [-0.2, -0.15) is 0 Å². The van der Waals surface area contributed by atoms with Gasteiger partial charge in [0.1, 0.15) is 0 Å². The van der Waals surface area contributed by atoms with Crippen LogP contribution in [0.3, 0.4) is 0 Å². The van der Waals surface area contributed by atoms with E-state index < -0.39 is 5.97 Å². The van der Waals surface area contributed by atoms with Crippen LogP contribution in [0.25, 0.3) is 0 Å². The number of rotatable bonds is 2.